The molecular weight excluding hydrogens is 220 g/mol. The number of rotatable bonds is 3. The van der Waals surface area contributed by atoms with Crippen LogP contribution in [-0.4, -0.2) is 22.5 Å². The third-order valence-corrected chi connectivity index (χ3v) is 2.52. The summed E-state index contributed by atoms with van der Waals surface area (Å²) in [7, 11) is 0. The number of benzene rings is 1. The molecule has 1 heterocycles. The number of hydrogen-bond acceptors (Lipinski definition) is 2. The van der Waals surface area contributed by atoms with E-state index in [4.69, 9.17) is 0 Å². The number of aromatic nitrogens is 1. The molecular formula is C12H14N2O3. The maximum Gasteiger partial charge on any atom is 0.216 e. The maximum absolute atomic E-state index is 10.7. The van der Waals surface area contributed by atoms with Crippen molar-refractivity contribution in [1.82, 2.24) is 10.3 Å². The third kappa shape index (κ3) is 2.98. The highest BCUT2D eigenvalue weighted by Crippen LogP contribution is 2.22. The minimum absolute atomic E-state index is 0. The van der Waals surface area contributed by atoms with Gasteiger partial charge in [0, 0.05) is 36.0 Å². The minimum Gasteiger partial charge on any atom is -0.508 e. The van der Waals surface area contributed by atoms with Crippen LogP contribution in [0.5, 0.6) is 5.75 Å². The molecule has 1 aromatic carbocycles. The van der Waals surface area contributed by atoms with Crippen LogP contribution in [0, 0.1) is 0 Å². The van der Waals surface area contributed by atoms with Gasteiger partial charge in [-0.2, -0.15) is 0 Å². The number of phenolic OH excluding ortho intramolecular Hbond substituents is 1. The molecule has 0 aliphatic carbocycles. The van der Waals surface area contributed by atoms with Gasteiger partial charge < -0.3 is 15.4 Å². The van der Waals surface area contributed by atoms with Gasteiger partial charge in [0.25, 0.3) is 0 Å². The minimum atomic E-state index is -0.0253. The Morgan fingerprint density at radius 3 is 2.94 bits per heavy atom. The molecule has 90 valence electrons. The van der Waals surface area contributed by atoms with Gasteiger partial charge in [0.2, 0.25) is 5.91 Å². The Labute approximate surface area is 98.8 Å². The van der Waals surface area contributed by atoms with Gasteiger partial charge in [-0.05, 0) is 30.2 Å². The maximum atomic E-state index is 10.7. The third-order valence-electron chi connectivity index (χ3n) is 2.52. The van der Waals surface area contributed by atoms with Crippen LogP contribution in [-0.2, 0) is 16.7 Å². The van der Waals surface area contributed by atoms with Gasteiger partial charge in [0.15, 0.2) is 0 Å². The summed E-state index contributed by atoms with van der Waals surface area (Å²) in [5.74, 6) is 0.232. The Balaban J connectivity index is 0.00000144. The van der Waals surface area contributed by atoms with E-state index in [-0.39, 0.29) is 17.1 Å². The predicted octanol–water partition coefficient (Wildman–Crippen LogP) is 1.43. The molecule has 0 spiro atoms. The average molecular weight is 234 g/mol. The van der Waals surface area contributed by atoms with Crippen molar-refractivity contribution in [3.63, 3.8) is 0 Å². The fourth-order valence-corrected chi connectivity index (χ4v) is 1.75. The van der Waals surface area contributed by atoms with Gasteiger partial charge in [-0.25, -0.2) is 0 Å². The number of phenols is 1. The number of nitrogens with one attached hydrogen (secondary N) is 2. The van der Waals surface area contributed by atoms with Gasteiger partial charge in [-0.15, -0.1) is 0 Å². The molecule has 2 aromatic rings. The molecule has 5 nitrogen and oxygen atoms in total. The molecule has 0 saturated carbocycles. The van der Waals surface area contributed by atoms with E-state index in [0.717, 1.165) is 22.9 Å². The van der Waals surface area contributed by atoms with Gasteiger partial charge in [0.05, 0.1) is 0 Å². The number of hydrogen-bond donors (Lipinski definition) is 3. The lowest BCUT2D eigenvalue weighted by Crippen LogP contribution is -2.22. The number of carbonyl (C=O) groups excluding carboxylic acids is 1. The van der Waals surface area contributed by atoms with Crippen LogP contribution in [0.2, 0.25) is 0 Å². The van der Waals surface area contributed by atoms with Crippen LogP contribution >= 0.6 is 0 Å². The summed E-state index contributed by atoms with van der Waals surface area (Å²) >= 11 is 0. The Hall–Kier alpha value is -2.01. The first-order chi connectivity index (χ1) is 7.66. The lowest BCUT2D eigenvalue weighted by Gasteiger charge is -2.01. The van der Waals surface area contributed by atoms with E-state index in [1.807, 2.05) is 12.3 Å². The van der Waals surface area contributed by atoms with Crippen LogP contribution in [0.4, 0.5) is 0 Å². The molecule has 0 aliphatic heterocycles. The second-order valence-electron chi connectivity index (χ2n) is 3.78. The molecule has 0 fully saturated rings. The van der Waals surface area contributed by atoms with Crippen molar-refractivity contribution in [3.05, 3.63) is 30.0 Å². The molecule has 0 atom stereocenters. The number of carbonyl (C=O) groups is 1. The van der Waals surface area contributed by atoms with Crippen LogP contribution in [0.1, 0.15) is 12.5 Å². The summed E-state index contributed by atoms with van der Waals surface area (Å²) in [6, 6.07) is 5.22. The molecule has 5 heteroatoms. The van der Waals surface area contributed by atoms with Gasteiger partial charge in [-0.3, -0.25) is 4.79 Å². The van der Waals surface area contributed by atoms with Gasteiger partial charge in [0.1, 0.15) is 5.75 Å². The first kappa shape index (κ1) is 13.1. The first-order valence-electron chi connectivity index (χ1n) is 5.20. The van der Waals surface area contributed by atoms with Crippen molar-refractivity contribution in [3.8, 4) is 5.75 Å². The highest BCUT2D eigenvalue weighted by molar-refractivity contribution is 5.84. The molecule has 2 radical (unpaired) electrons. The second-order valence-corrected chi connectivity index (χ2v) is 3.78. The van der Waals surface area contributed by atoms with Crippen molar-refractivity contribution in [1.29, 1.82) is 0 Å². The van der Waals surface area contributed by atoms with E-state index in [9.17, 15) is 9.90 Å². The fourth-order valence-electron chi connectivity index (χ4n) is 1.75. The smallest absolute Gasteiger partial charge is 0.216 e. The predicted molar refractivity (Wildman–Crippen MR) is 63.0 cm³/mol. The fraction of sp³-hybridized carbons (Fsp3) is 0.250. The lowest BCUT2D eigenvalue weighted by atomic mass is 10.1. The number of aromatic amines is 1. The van der Waals surface area contributed by atoms with Crippen LogP contribution < -0.4 is 5.32 Å². The molecule has 1 aromatic heterocycles. The number of amides is 1. The molecule has 0 saturated heterocycles. The second kappa shape index (κ2) is 5.36. The summed E-state index contributed by atoms with van der Waals surface area (Å²) < 4.78 is 0. The zero-order valence-electron chi connectivity index (χ0n) is 9.49. The quantitative estimate of drug-likeness (QED) is 0.749. The molecule has 2 rings (SSSR count). The first-order valence-corrected chi connectivity index (χ1v) is 5.20. The Morgan fingerprint density at radius 1 is 1.47 bits per heavy atom. The van der Waals surface area contributed by atoms with Crippen LogP contribution in [0.3, 0.4) is 0 Å². The van der Waals surface area contributed by atoms with E-state index >= 15 is 0 Å². The molecule has 0 unspecified atom stereocenters. The highest BCUT2D eigenvalue weighted by atomic mass is 16.3. The van der Waals surface area contributed by atoms with E-state index < -0.39 is 0 Å². The average Bonchev–Trinajstić information content (AvgIpc) is 2.60. The summed E-state index contributed by atoms with van der Waals surface area (Å²) in [4.78, 5) is 13.9. The van der Waals surface area contributed by atoms with E-state index in [0.29, 0.717) is 6.54 Å². The molecule has 1 amide bonds. The Kier molecular flexibility index (Phi) is 4.12. The number of fused-ring (bicyclic) bond motifs is 1. The number of H-pyrrole nitrogens is 1. The monoisotopic (exact) mass is 234 g/mol. The van der Waals surface area contributed by atoms with E-state index in [2.05, 4.69) is 10.3 Å². The lowest BCUT2D eigenvalue weighted by molar-refractivity contribution is -0.118. The molecule has 17 heavy (non-hydrogen) atoms. The Morgan fingerprint density at radius 2 is 2.24 bits per heavy atom. The highest BCUT2D eigenvalue weighted by Gasteiger charge is 2.04. The molecule has 0 bridgehead atoms. The summed E-state index contributed by atoms with van der Waals surface area (Å²) in [5, 5.41) is 13.2. The van der Waals surface area contributed by atoms with Gasteiger partial charge in [-0.1, -0.05) is 0 Å². The van der Waals surface area contributed by atoms with Gasteiger partial charge >= 0.3 is 0 Å². The number of aromatic hydroxyl groups is 1. The van der Waals surface area contributed by atoms with Crippen molar-refractivity contribution in [2.24, 2.45) is 0 Å². The topological polar surface area (TPSA) is 93.6 Å². The van der Waals surface area contributed by atoms with Crippen molar-refractivity contribution >= 4 is 16.8 Å². The normalized spacial score (nSPS) is 9.94. The van der Waals surface area contributed by atoms with Crippen molar-refractivity contribution < 1.29 is 15.4 Å². The summed E-state index contributed by atoms with van der Waals surface area (Å²) in [5.41, 5.74) is 2.09. The summed E-state index contributed by atoms with van der Waals surface area (Å²) in [6.45, 7) is 2.11. The molecule has 0 aliphatic rings. The zero-order chi connectivity index (χ0) is 11.5. The standard InChI is InChI=1S/C12H14N2O2.O/c1-8(15)13-5-4-9-7-14-12-3-2-10(16)6-11(9)12;/h2-3,6-7,14,16H,4-5H2,1H3,(H,13,15);. The van der Waals surface area contributed by atoms with E-state index in [1.54, 1.807) is 12.1 Å². The zero-order valence-corrected chi connectivity index (χ0v) is 9.49. The summed E-state index contributed by atoms with van der Waals surface area (Å²) in [6.07, 6.45) is 2.66. The SMILES string of the molecule is CC(=O)NCCc1c[nH]c2ccc(O)cc12.[O]. The van der Waals surface area contributed by atoms with Crippen LogP contribution in [0.15, 0.2) is 24.4 Å². The van der Waals surface area contributed by atoms with Crippen molar-refractivity contribution in [2.45, 2.75) is 13.3 Å². The molecule has 3 N–H and O–H groups in total. The van der Waals surface area contributed by atoms with Crippen LogP contribution in [0.25, 0.3) is 10.9 Å². The van der Waals surface area contributed by atoms with E-state index in [1.165, 1.54) is 6.92 Å². The largest absolute Gasteiger partial charge is 0.508 e. The van der Waals surface area contributed by atoms with Crippen molar-refractivity contribution in [2.75, 3.05) is 6.54 Å². The Bertz CT molecular complexity index is 519.